The second-order valence-electron chi connectivity index (χ2n) is 4.27. The second kappa shape index (κ2) is 2.75. The molecule has 0 spiro atoms. The molecule has 2 saturated carbocycles. The van der Waals surface area contributed by atoms with Crippen LogP contribution >= 0.6 is 0 Å². The van der Waals surface area contributed by atoms with Gasteiger partial charge in [-0.25, -0.2) is 0 Å². The predicted molar refractivity (Wildman–Crippen MR) is 45.5 cm³/mol. The third-order valence-corrected chi connectivity index (χ3v) is 3.54. The lowest BCUT2D eigenvalue weighted by molar-refractivity contribution is -0.151. The molecule has 2 aliphatic carbocycles. The number of carbonyl (C=O) groups is 1. The first-order valence-corrected chi connectivity index (χ1v) is 4.85. The van der Waals surface area contributed by atoms with Gasteiger partial charge in [0.05, 0.1) is 0 Å². The van der Waals surface area contributed by atoms with Gasteiger partial charge in [-0.3, -0.25) is 4.79 Å². The van der Waals surface area contributed by atoms with E-state index in [2.05, 4.69) is 6.92 Å². The fourth-order valence-electron chi connectivity index (χ4n) is 2.92. The van der Waals surface area contributed by atoms with Crippen LogP contribution in [-0.2, 0) is 9.53 Å². The smallest absolute Gasteiger partial charge is 0.302 e. The quantitative estimate of drug-likeness (QED) is 0.560. The van der Waals surface area contributed by atoms with Crippen molar-refractivity contribution >= 4 is 5.97 Å². The van der Waals surface area contributed by atoms with E-state index in [0.717, 1.165) is 5.92 Å². The van der Waals surface area contributed by atoms with Crippen molar-refractivity contribution < 1.29 is 9.53 Å². The van der Waals surface area contributed by atoms with Gasteiger partial charge in [0.1, 0.15) is 6.10 Å². The average molecular weight is 168 g/mol. The Kier molecular flexibility index (Phi) is 1.85. The first-order chi connectivity index (χ1) is 5.68. The molecule has 2 bridgehead atoms. The monoisotopic (exact) mass is 168 g/mol. The molecule has 0 aliphatic heterocycles. The minimum atomic E-state index is -0.112. The van der Waals surface area contributed by atoms with Crippen molar-refractivity contribution in [2.24, 2.45) is 17.8 Å². The summed E-state index contributed by atoms with van der Waals surface area (Å²) in [6.07, 6.45) is 4.15. The van der Waals surface area contributed by atoms with Gasteiger partial charge in [0.25, 0.3) is 0 Å². The van der Waals surface area contributed by atoms with Crippen LogP contribution in [-0.4, -0.2) is 12.1 Å². The summed E-state index contributed by atoms with van der Waals surface area (Å²) in [6.45, 7) is 3.73. The van der Waals surface area contributed by atoms with Crippen molar-refractivity contribution in [3.63, 3.8) is 0 Å². The van der Waals surface area contributed by atoms with Gasteiger partial charge in [-0.15, -0.1) is 0 Å². The topological polar surface area (TPSA) is 26.3 Å². The fourth-order valence-corrected chi connectivity index (χ4v) is 2.92. The molecule has 0 aromatic heterocycles. The maximum Gasteiger partial charge on any atom is 0.302 e. The molecule has 0 radical (unpaired) electrons. The number of hydrogen-bond donors (Lipinski definition) is 0. The zero-order chi connectivity index (χ0) is 8.72. The normalized spacial score (nSPS) is 44.8. The lowest BCUT2D eigenvalue weighted by Gasteiger charge is -2.27. The van der Waals surface area contributed by atoms with Crippen LogP contribution in [0.1, 0.15) is 33.1 Å². The highest BCUT2D eigenvalue weighted by atomic mass is 16.5. The predicted octanol–water partition coefficient (Wildman–Crippen LogP) is 1.98. The highest BCUT2D eigenvalue weighted by Crippen LogP contribution is 2.49. The van der Waals surface area contributed by atoms with Crippen molar-refractivity contribution in [2.45, 2.75) is 39.2 Å². The molecule has 12 heavy (non-hydrogen) atoms. The van der Waals surface area contributed by atoms with Gasteiger partial charge in [0.2, 0.25) is 0 Å². The molecule has 68 valence electrons. The zero-order valence-corrected chi connectivity index (χ0v) is 7.75. The second-order valence-corrected chi connectivity index (χ2v) is 4.27. The third-order valence-electron chi connectivity index (χ3n) is 3.54. The van der Waals surface area contributed by atoms with Crippen molar-refractivity contribution in [1.82, 2.24) is 0 Å². The van der Waals surface area contributed by atoms with E-state index in [1.807, 2.05) is 0 Å². The summed E-state index contributed by atoms with van der Waals surface area (Å²) in [5.41, 5.74) is 0. The van der Waals surface area contributed by atoms with Gasteiger partial charge in [0, 0.05) is 6.92 Å². The van der Waals surface area contributed by atoms with Crippen LogP contribution in [0.5, 0.6) is 0 Å². The molecular weight excluding hydrogens is 152 g/mol. The number of ether oxygens (including phenoxy) is 1. The zero-order valence-electron chi connectivity index (χ0n) is 7.75. The fraction of sp³-hybridized carbons (Fsp3) is 0.900. The molecule has 0 saturated heterocycles. The van der Waals surface area contributed by atoms with E-state index < -0.39 is 0 Å². The summed E-state index contributed by atoms with van der Waals surface area (Å²) in [5.74, 6) is 2.00. The van der Waals surface area contributed by atoms with Gasteiger partial charge in [0.15, 0.2) is 0 Å². The van der Waals surface area contributed by atoms with Crippen LogP contribution in [0.25, 0.3) is 0 Å². The van der Waals surface area contributed by atoms with E-state index in [1.165, 1.54) is 26.2 Å². The van der Waals surface area contributed by atoms with Crippen molar-refractivity contribution in [2.75, 3.05) is 0 Å². The Bertz CT molecular complexity index is 198. The van der Waals surface area contributed by atoms with E-state index in [1.54, 1.807) is 0 Å². The summed E-state index contributed by atoms with van der Waals surface area (Å²) in [4.78, 5) is 10.8. The van der Waals surface area contributed by atoms with Crippen LogP contribution in [0.3, 0.4) is 0 Å². The van der Waals surface area contributed by atoms with E-state index in [9.17, 15) is 4.79 Å². The Morgan fingerprint density at radius 1 is 1.33 bits per heavy atom. The lowest BCUT2D eigenvalue weighted by atomic mass is 9.88. The van der Waals surface area contributed by atoms with Gasteiger partial charge < -0.3 is 4.74 Å². The van der Waals surface area contributed by atoms with Gasteiger partial charge in [-0.2, -0.15) is 0 Å². The van der Waals surface area contributed by atoms with E-state index in [0.29, 0.717) is 11.8 Å². The Morgan fingerprint density at radius 3 is 2.50 bits per heavy atom. The number of carbonyl (C=O) groups excluding carboxylic acids is 1. The molecule has 0 aromatic rings. The molecule has 2 heteroatoms. The molecule has 0 aromatic carbocycles. The lowest BCUT2D eigenvalue weighted by Crippen LogP contribution is -2.29. The summed E-state index contributed by atoms with van der Waals surface area (Å²) < 4.78 is 5.32. The summed E-state index contributed by atoms with van der Waals surface area (Å²) in [7, 11) is 0. The van der Waals surface area contributed by atoms with Gasteiger partial charge >= 0.3 is 5.97 Å². The van der Waals surface area contributed by atoms with E-state index in [4.69, 9.17) is 4.74 Å². The standard InChI is InChI=1S/C10H16O2/c1-6-8-3-4-9(5-8)10(6)12-7(2)11/h6,8-10H,3-5H2,1-2H3/t6-,8-,9+,10-/m1/s1. The van der Waals surface area contributed by atoms with Gasteiger partial charge in [-0.1, -0.05) is 6.92 Å². The highest BCUT2D eigenvalue weighted by Gasteiger charge is 2.46. The molecule has 0 heterocycles. The van der Waals surface area contributed by atoms with Crippen molar-refractivity contribution in [3.05, 3.63) is 0 Å². The number of esters is 1. The Hall–Kier alpha value is -0.530. The maximum absolute atomic E-state index is 10.8. The van der Waals surface area contributed by atoms with Crippen LogP contribution in [0.2, 0.25) is 0 Å². The molecule has 2 fully saturated rings. The maximum atomic E-state index is 10.8. The first kappa shape index (κ1) is 8.09. The molecule has 0 N–H and O–H groups in total. The third kappa shape index (κ3) is 1.13. The molecule has 4 atom stereocenters. The Labute approximate surface area is 73.3 Å². The highest BCUT2D eigenvalue weighted by molar-refractivity contribution is 5.66. The summed E-state index contributed by atoms with van der Waals surface area (Å²) >= 11 is 0. The molecular formula is C10H16O2. The SMILES string of the molecule is CC(=O)O[C@H]1[C@H]2CC[C@H](C2)[C@H]1C. The van der Waals surface area contributed by atoms with Gasteiger partial charge in [-0.05, 0) is 37.0 Å². The Balaban J connectivity index is 2.02. The van der Waals surface area contributed by atoms with E-state index >= 15 is 0 Å². The number of fused-ring (bicyclic) bond motifs is 2. The van der Waals surface area contributed by atoms with Crippen LogP contribution in [0, 0.1) is 17.8 Å². The minimum Gasteiger partial charge on any atom is -0.462 e. The van der Waals surface area contributed by atoms with Crippen molar-refractivity contribution in [1.29, 1.82) is 0 Å². The van der Waals surface area contributed by atoms with Crippen molar-refractivity contribution in [3.8, 4) is 0 Å². The van der Waals surface area contributed by atoms with Crippen LogP contribution in [0.15, 0.2) is 0 Å². The van der Waals surface area contributed by atoms with Crippen LogP contribution in [0.4, 0.5) is 0 Å². The minimum absolute atomic E-state index is 0.112. The van der Waals surface area contributed by atoms with Crippen LogP contribution < -0.4 is 0 Å². The molecule has 0 amide bonds. The molecule has 2 nitrogen and oxygen atoms in total. The summed E-state index contributed by atoms with van der Waals surface area (Å²) in [6, 6.07) is 0. The molecule has 2 rings (SSSR count). The molecule has 0 unspecified atom stereocenters. The first-order valence-electron chi connectivity index (χ1n) is 4.85. The average Bonchev–Trinajstić information content (AvgIpc) is 2.53. The largest absolute Gasteiger partial charge is 0.462 e. The number of rotatable bonds is 1. The van der Waals surface area contributed by atoms with E-state index in [-0.39, 0.29) is 12.1 Å². The molecule has 2 aliphatic rings. The Morgan fingerprint density at radius 2 is 2.00 bits per heavy atom. The summed E-state index contributed by atoms with van der Waals surface area (Å²) in [5, 5.41) is 0. The number of hydrogen-bond acceptors (Lipinski definition) is 2.